The van der Waals surface area contributed by atoms with Gasteiger partial charge in [-0.2, -0.15) is 0 Å². The van der Waals surface area contributed by atoms with E-state index in [-0.39, 0.29) is 29.6 Å². The molecule has 5 nitrogen and oxygen atoms in total. The van der Waals surface area contributed by atoms with Crippen molar-refractivity contribution in [2.45, 2.75) is 18.5 Å². The summed E-state index contributed by atoms with van der Waals surface area (Å²) in [6.45, 7) is 1.71. The van der Waals surface area contributed by atoms with Gasteiger partial charge in [0.1, 0.15) is 12.5 Å². The fourth-order valence-electron chi connectivity index (χ4n) is 1.63. The van der Waals surface area contributed by atoms with Crippen LogP contribution in [0.15, 0.2) is 36.8 Å². The summed E-state index contributed by atoms with van der Waals surface area (Å²) in [5, 5.41) is 0. The monoisotopic (exact) mass is 278 g/mol. The van der Waals surface area contributed by atoms with E-state index in [4.69, 9.17) is 9.47 Å². The van der Waals surface area contributed by atoms with E-state index < -0.39 is 21.7 Å². The quantitative estimate of drug-likeness (QED) is 0.493. The Morgan fingerprint density at radius 2 is 1.89 bits per heavy atom. The molecule has 0 fully saturated rings. The van der Waals surface area contributed by atoms with Crippen LogP contribution in [0.2, 0.25) is 0 Å². The van der Waals surface area contributed by atoms with Crippen molar-refractivity contribution in [3.05, 3.63) is 47.9 Å². The van der Waals surface area contributed by atoms with Crippen molar-refractivity contribution in [3.8, 4) is 0 Å². The molecular formula is C11H11NaO5S. The van der Waals surface area contributed by atoms with E-state index in [1.54, 1.807) is 31.2 Å². The minimum absolute atomic E-state index is 0. The van der Waals surface area contributed by atoms with Gasteiger partial charge in [0.05, 0.1) is 15.9 Å². The molecule has 0 N–H and O–H groups in total. The molecule has 1 aromatic carbocycles. The van der Waals surface area contributed by atoms with Gasteiger partial charge >= 0.3 is 29.6 Å². The molecule has 0 aliphatic carbocycles. The molecule has 0 saturated carbocycles. The van der Waals surface area contributed by atoms with Gasteiger partial charge in [0, 0.05) is 12.5 Å². The van der Waals surface area contributed by atoms with E-state index in [0.717, 1.165) is 0 Å². The van der Waals surface area contributed by atoms with Gasteiger partial charge < -0.3 is 14.0 Å². The van der Waals surface area contributed by atoms with E-state index in [2.05, 4.69) is 0 Å². The van der Waals surface area contributed by atoms with Crippen molar-refractivity contribution in [1.29, 1.82) is 0 Å². The van der Waals surface area contributed by atoms with Crippen molar-refractivity contribution in [3.63, 3.8) is 0 Å². The molecular weight excluding hydrogens is 267 g/mol. The molecule has 0 atom stereocenters. The van der Waals surface area contributed by atoms with Crippen molar-refractivity contribution in [2.24, 2.45) is 0 Å². The van der Waals surface area contributed by atoms with Gasteiger partial charge in [0.15, 0.2) is 0 Å². The maximum Gasteiger partial charge on any atom is 1.00 e. The molecule has 1 aliphatic heterocycles. The molecule has 92 valence electrons. The van der Waals surface area contributed by atoms with Gasteiger partial charge in [-0.05, 0) is 11.6 Å². The van der Waals surface area contributed by atoms with Crippen molar-refractivity contribution in [2.75, 3.05) is 0 Å². The van der Waals surface area contributed by atoms with E-state index in [0.29, 0.717) is 11.1 Å². The minimum atomic E-state index is -4.28. The Morgan fingerprint density at radius 1 is 1.28 bits per heavy atom. The van der Waals surface area contributed by atoms with Gasteiger partial charge in [-0.1, -0.05) is 18.2 Å². The van der Waals surface area contributed by atoms with Crippen LogP contribution in [-0.2, 0) is 31.1 Å². The number of benzene rings is 1. The zero-order valence-corrected chi connectivity index (χ0v) is 12.9. The molecule has 1 heterocycles. The number of hydrogen-bond acceptors (Lipinski definition) is 5. The Labute approximate surface area is 128 Å². The average Bonchev–Trinajstić information content (AvgIpc) is 2.64. The molecule has 2 rings (SSSR count). The summed E-state index contributed by atoms with van der Waals surface area (Å²) < 4.78 is 42.6. The normalized spacial score (nSPS) is 16.6. The number of hydrogen-bond donors (Lipinski definition) is 0. The van der Waals surface area contributed by atoms with Crippen LogP contribution < -0.4 is 29.6 Å². The summed E-state index contributed by atoms with van der Waals surface area (Å²) in [6.07, 6.45) is 2.83. The predicted molar refractivity (Wildman–Crippen MR) is 58.5 cm³/mol. The van der Waals surface area contributed by atoms with Crippen LogP contribution in [0.25, 0.3) is 0 Å². The Kier molecular flexibility index (Phi) is 4.85. The molecule has 0 unspecified atom stereocenters. The number of rotatable bonds is 3. The van der Waals surface area contributed by atoms with Crippen LogP contribution in [-0.4, -0.2) is 13.0 Å². The Balaban J connectivity index is 0.00000162. The Bertz CT molecular complexity index is 544. The standard InChI is InChI=1S/C11H12O5S.Na/c1-11(15-5-6-16-11)10-4-2-3-9(7-10)8-17(12,13)14;/h2-7H,8H2,1H3,(H,12,13,14);/q;+1/p-1. The van der Waals surface area contributed by atoms with Crippen molar-refractivity contribution >= 4 is 10.1 Å². The van der Waals surface area contributed by atoms with Gasteiger partial charge in [-0.3, -0.25) is 0 Å². The largest absolute Gasteiger partial charge is 1.00 e. The van der Waals surface area contributed by atoms with Crippen LogP contribution in [0.4, 0.5) is 0 Å². The smallest absolute Gasteiger partial charge is 0.748 e. The molecule has 1 aliphatic rings. The van der Waals surface area contributed by atoms with Crippen molar-refractivity contribution < 1.29 is 52.0 Å². The molecule has 0 bridgehead atoms. The molecule has 18 heavy (non-hydrogen) atoms. The van der Waals surface area contributed by atoms with Gasteiger partial charge in [0.25, 0.3) is 5.79 Å². The number of ether oxygens (including phenoxy) is 2. The average molecular weight is 278 g/mol. The minimum Gasteiger partial charge on any atom is -0.748 e. The SMILES string of the molecule is CC1(c2cccc(CS(=O)(=O)[O-])c2)OC=CO1.[Na+]. The molecule has 0 radical (unpaired) electrons. The van der Waals surface area contributed by atoms with E-state index in [1.807, 2.05) is 0 Å². The molecule has 0 spiro atoms. The first kappa shape index (κ1) is 15.5. The first-order chi connectivity index (χ1) is 7.89. The fraction of sp³-hybridized carbons (Fsp3) is 0.273. The summed E-state index contributed by atoms with van der Waals surface area (Å²) in [5.41, 5.74) is 1.07. The van der Waals surface area contributed by atoms with Crippen LogP contribution in [0.1, 0.15) is 18.1 Å². The molecule has 0 amide bonds. The molecule has 0 saturated heterocycles. The summed E-state index contributed by atoms with van der Waals surface area (Å²) in [5.74, 6) is -1.49. The maximum atomic E-state index is 10.7. The van der Waals surface area contributed by atoms with Crippen LogP contribution in [0.3, 0.4) is 0 Å². The third kappa shape index (κ3) is 3.73. The van der Waals surface area contributed by atoms with Crippen LogP contribution in [0, 0.1) is 0 Å². The second kappa shape index (κ2) is 5.63. The topological polar surface area (TPSA) is 75.7 Å². The van der Waals surface area contributed by atoms with Crippen LogP contribution >= 0.6 is 0 Å². The fourth-order valence-corrected chi connectivity index (χ4v) is 2.21. The Hall–Kier alpha value is -0.530. The summed E-state index contributed by atoms with van der Waals surface area (Å²) in [6, 6.07) is 6.56. The van der Waals surface area contributed by atoms with Gasteiger partial charge in [-0.25, -0.2) is 8.42 Å². The maximum absolute atomic E-state index is 10.7. The third-order valence-corrected chi connectivity index (χ3v) is 3.12. The second-order valence-electron chi connectivity index (χ2n) is 3.86. The van der Waals surface area contributed by atoms with E-state index >= 15 is 0 Å². The zero-order chi connectivity index (χ0) is 12.5. The first-order valence-electron chi connectivity index (χ1n) is 4.93. The second-order valence-corrected chi connectivity index (χ2v) is 5.26. The molecule has 0 aromatic heterocycles. The summed E-state index contributed by atoms with van der Waals surface area (Å²) >= 11 is 0. The first-order valence-corrected chi connectivity index (χ1v) is 6.50. The summed E-state index contributed by atoms with van der Waals surface area (Å²) in [4.78, 5) is 0. The van der Waals surface area contributed by atoms with Crippen molar-refractivity contribution in [1.82, 2.24) is 0 Å². The zero-order valence-electron chi connectivity index (χ0n) is 10.1. The van der Waals surface area contributed by atoms with Gasteiger partial charge in [-0.15, -0.1) is 0 Å². The third-order valence-electron chi connectivity index (χ3n) is 2.44. The van der Waals surface area contributed by atoms with Gasteiger partial charge in [0.2, 0.25) is 0 Å². The van der Waals surface area contributed by atoms with E-state index in [9.17, 15) is 13.0 Å². The predicted octanol–water partition coefficient (Wildman–Crippen LogP) is -1.57. The van der Waals surface area contributed by atoms with Crippen LogP contribution in [0.5, 0.6) is 0 Å². The summed E-state index contributed by atoms with van der Waals surface area (Å²) in [7, 11) is -4.28. The molecule has 1 aromatic rings. The Morgan fingerprint density at radius 3 is 2.44 bits per heavy atom. The molecule has 7 heteroatoms. The van der Waals surface area contributed by atoms with E-state index in [1.165, 1.54) is 12.5 Å².